The molecule has 0 aromatic heterocycles. The van der Waals surface area contributed by atoms with E-state index in [0.717, 1.165) is 5.56 Å². The van der Waals surface area contributed by atoms with Crippen molar-refractivity contribution in [2.24, 2.45) is 0 Å². The minimum absolute atomic E-state index is 0.167. The van der Waals surface area contributed by atoms with Crippen molar-refractivity contribution in [3.05, 3.63) is 68.8 Å². The number of methoxy groups -OCH3 is 1. The van der Waals surface area contributed by atoms with Crippen LogP contribution >= 0.6 is 23.2 Å². The predicted octanol–water partition coefficient (Wildman–Crippen LogP) is 4.77. The maximum absolute atomic E-state index is 12.6. The Balaban J connectivity index is 2.01. The first-order chi connectivity index (χ1) is 14.8. The summed E-state index contributed by atoms with van der Waals surface area (Å²) in [7, 11) is 1.51. The highest BCUT2D eigenvalue weighted by Gasteiger charge is 2.34. The first-order valence-electron chi connectivity index (χ1n) is 9.54. The van der Waals surface area contributed by atoms with Gasteiger partial charge >= 0.3 is 12.0 Å². The lowest BCUT2D eigenvalue weighted by molar-refractivity contribution is -0.139. The molecule has 2 N–H and O–H groups in total. The van der Waals surface area contributed by atoms with Gasteiger partial charge in [0.05, 0.1) is 35.4 Å². The molecule has 3 rings (SSSR count). The van der Waals surface area contributed by atoms with Crippen LogP contribution in [0.3, 0.4) is 0 Å². The topological polar surface area (TPSA) is 85.9 Å². The Morgan fingerprint density at radius 2 is 1.94 bits per heavy atom. The summed E-state index contributed by atoms with van der Waals surface area (Å²) in [5.41, 5.74) is 2.04. The quantitative estimate of drug-likeness (QED) is 0.576. The summed E-state index contributed by atoms with van der Waals surface area (Å²) in [5.74, 6) is 0.305. The predicted molar refractivity (Wildman–Crippen MR) is 118 cm³/mol. The summed E-state index contributed by atoms with van der Waals surface area (Å²) in [4.78, 5) is 24.8. The van der Waals surface area contributed by atoms with Gasteiger partial charge in [0.15, 0.2) is 11.5 Å². The third kappa shape index (κ3) is 5.06. The fourth-order valence-electron chi connectivity index (χ4n) is 3.27. The lowest BCUT2D eigenvalue weighted by atomic mass is 9.94. The molecule has 0 saturated heterocycles. The number of urea groups is 1. The van der Waals surface area contributed by atoms with E-state index in [1.54, 1.807) is 50.2 Å². The number of carbonyl (C=O) groups excluding carboxylic acids is 2. The number of para-hydroxylation sites is 1. The third-order valence-corrected chi connectivity index (χ3v) is 5.41. The average molecular weight is 465 g/mol. The van der Waals surface area contributed by atoms with Crippen LogP contribution in [0, 0.1) is 0 Å². The van der Waals surface area contributed by atoms with Gasteiger partial charge in [-0.3, -0.25) is 0 Å². The van der Waals surface area contributed by atoms with E-state index in [9.17, 15) is 9.59 Å². The van der Waals surface area contributed by atoms with Crippen LogP contribution in [0.25, 0.3) is 0 Å². The van der Waals surface area contributed by atoms with E-state index >= 15 is 0 Å². The zero-order valence-electron chi connectivity index (χ0n) is 17.3. The maximum Gasteiger partial charge on any atom is 0.338 e. The molecule has 0 saturated carbocycles. The van der Waals surface area contributed by atoms with E-state index in [-0.39, 0.29) is 18.8 Å². The van der Waals surface area contributed by atoms with Crippen LogP contribution in [0.5, 0.6) is 11.5 Å². The molecule has 164 valence electrons. The molecule has 1 atom stereocenters. The van der Waals surface area contributed by atoms with Crippen molar-refractivity contribution >= 4 is 35.2 Å². The van der Waals surface area contributed by atoms with Crippen molar-refractivity contribution in [2.45, 2.75) is 26.5 Å². The number of allylic oxidation sites excluding steroid dienone is 1. The van der Waals surface area contributed by atoms with Crippen LogP contribution < -0.4 is 20.1 Å². The van der Waals surface area contributed by atoms with Crippen LogP contribution in [0.4, 0.5) is 4.79 Å². The molecule has 0 bridgehead atoms. The number of halogens is 2. The molecule has 2 aromatic rings. The minimum atomic E-state index is -0.785. The molecule has 1 unspecified atom stereocenters. The zero-order chi connectivity index (χ0) is 22.5. The van der Waals surface area contributed by atoms with Gasteiger partial charge in [-0.2, -0.15) is 0 Å². The molecule has 1 heterocycles. The Kier molecular flexibility index (Phi) is 7.30. The second-order valence-electron chi connectivity index (χ2n) is 6.71. The van der Waals surface area contributed by atoms with Gasteiger partial charge in [0.1, 0.15) is 6.61 Å². The highest BCUT2D eigenvalue weighted by Crippen LogP contribution is 2.40. The van der Waals surface area contributed by atoms with E-state index in [2.05, 4.69) is 10.6 Å². The van der Waals surface area contributed by atoms with Gasteiger partial charge in [-0.15, -0.1) is 0 Å². The smallest absolute Gasteiger partial charge is 0.338 e. The van der Waals surface area contributed by atoms with Gasteiger partial charge in [0.2, 0.25) is 0 Å². The Morgan fingerprint density at radius 1 is 1.16 bits per heavy atom. The summed E-state index contributed by atoms with van der Waals surface area (Å²) in [6.07, 6.45) is 0. The van der Waals surface area contributed by atoms with E-state index in [1.165, 1.54) is 7.11 Å². The van der Waals surface area contributed by atoms with Crippen molar-refractivity contribution in [1.29, 1.82) is 0 Å². The molecule has 1 aliphatic rings. The summed E-state index contributed by atoms with van der Waals surface area (Å²) < 4.78 is 16.8. The van der Waals surface area contributed by atoms with E-state index in [1.807, 2.05) is 0 Å². The maximum atomic E-state index is 12.6. The Hall–Kier alpha value is -2.90. The number of rotatable bonds is 7. The molecular weight excluding hydrogens is 443 g/mol. The number of esters is 1. The molecule has 0 fully saturated rings. The van der Waals surface area contributed by atoms with Crippen LogP contribution in [0.15, 0.2) is 47.7 Å². The molecule has 31 heavy (non-hydrogen) atoms. The molecule has 0 radical (unpaired) electrons. The first kappa shape index (κ1) is 22.8. The van der Waals surface area contributed by atoms with Crippen molar-refractivity contribution in [1.82, 2.24) is 10.6 Å². The van der Waals surface area contributed by atoms with Crippen molar-refractivity contribution in [3.63, 3.8) is 0 Å². The molecule has 7 nitrogen and oxygen atoms in total. The fourth-order valence-corrected chi connectivity index (χ4v) is 3.59. The van der Waals surface area contributed by atoms with Crippen LogP contribution in [0.2, 0.25) is 10.0 Å². The van der Waals surface area contributed by atoms with Crippen molar-refractivity contribution in [2.75, 3.05) is 13.7 Å². The second-order valence-corrected chi connectivity index (χ2v) is 7.52. The monoisotopic (exact) mass is 464 g/mol. The second kappa shape index (κ2) is 9.94. The number of carbonyl (C=O) groups is 2. The molecule has 0 aliphatic carbocycles. The van der Waals surface area contributed by atoms with Crippen molar-refractivity contribution < 1.29 is 23.8 Å². The van der Waals surface area contributed by atoms with Gasteiger partial charge in [-0.1, -0.05) is 41.4 Å². The summed E-state index contributed by atoms with van der Waals surface area (Å²) >= 11 is 12.1. The number of benzene rings is 2. The summed E-state index contributed by atoms with van der Waals surface area (Å²) in [5, 5.41) is 6.25. The Bertz CT molecular complexity index is 1040. The van der Waals surface area contributed by atoms with Crippen LogP contribution in [-0.2, 0) is 16.1 Å². The van der Waals surface area contributed by atoms with Gasteiger partial charge in [0, 0.05) is 11.3 Å². The summed E-state index contributed by atoms with van der Waals surface area (Å²) in [6, 6.07) is 9.21. The van der Waals surface area contributed by atoms with Gasteiger partial charge < -0.3 is 24.8 Å². The van der Waals surface area contributed by atoms with Gasteiger partial charge in [-0.05, 0) is 37.6 Å². The minimum Gasteiger partial charge on any atom is -0.493 e. The first-order valence-corrected chi connectivity index (χ1v) is 10.3. The SMILES string of the molecule is CCOC(=O)C1=C(C)NC(=O)NC1c1cccc(OC)c1OCc1ccc(Cl)c(Cl)c1. The Labute approximate surface area is 190 Å². The number of ether oxygens (including phenoxy) is 3. The molecule has 2 amide bonds. The van der Waals surface area contributed by atoms with Crippen LogP contribution in [-0.4, -0.2) is 25.7 Å². The fraction of sp³-hybridized carbons (Fsp3) is 0.273. The number of nitrogens with one attached hydrogen (secondary N) is 2. The van der Waals surface area contributed by atoms with Crippen LogP contribution in [0.1, 0.15) is 31.0 Å². The lowest BCUT2D eigenvalue weighted by Crippen LogP contribution is -2.45. The standard InChI is InChI=1S/C22H22Cl2N2O5/c1-4-30-21(27)18-12(2)25-22(28)26-19(18)14-6-5-7-17(29-3)20(14)31-11-13-8-9-15(23)16(24)10-13/h5-10,19H,4,11H2,1-3H3,(H2,25,26,28). The molecule has 2 aromatic carbocycles. The number of hydrogen-bond donors (Lipinski definition) is 2. The van der Waals surface area contributed by atoms with Gasteiger partial charge in [0.25, 0.3) is 0 Å². The Morgan fingerprint density at radius 3 is 2.61 bits per heavy atom. The van der Waals surface area contributed by atoms with E-state index < -0.39 is 18.0 Å². The molecule has 9 heteroatoms. The largest absolute Gasteiger partial charge is 0.493 e. The average Bonchev–Trinajstić information content (AvgIpc) is 2.73. The molecule has 1 aliphatic heterocycles. The highest BCUT2D eigenvalue weighted by atomic mass is 35.5. The zero-order valence-corrected chi connectivity index (χ0v) is 18.8. The normalized spacial score (nSPS) is 15.8. The highest BCUT2D eigenvalue weighted by molar-refractivity contribution is 6.42. The van der Waals surface area contributed by atoms with E-state index in [0.29, 0.717) is 32.8 Å². The number of amides is 2. The van der Waals surface area contributed by atoms with Gasteiger partial charge in [-0.25, -0.2) is 9.59 Å². The number of hydrogen-bond acceptors (Lipinski definition) is 5. The molecular formula is C22H22Cl2N2O5. The van der Waals surface area contributed by atoms with E-state index in [4.69, 9.17) is 37.4 Å². The van der Waals surface area contributed by atoms with Crippen molar-refractivity contribution in [3.8, 4) is 11.5 Å². The third-order valence-electron chi connectivity index (χ3n) is 4.67. The molecule has 0 spiro atoms. The summed E-state index contributed by atoms with van der Waals surface area (Å²) in [6.45, 7) is 3.74. The lowest BCUT2D eigenvalue weighted by Gasteiger charge is -2.29.